The van der Waals surface area contributed by atoms with Crippen molar-refractivity contribution in [3.63, 3.8) is 0 Å². The number of para-hydroxylation sites is 2. The van der Waals surface area contributed by atoms with Crippen molar-refractivity contribution in [2.75, 3.05) is 5.32 Å². The molecule has 0 radical (unpaired) electrons. The largest absolute Gasteiger partial charge is 0.433 e. The first kappa shape index (κ1) is 16.8. The van der Waals surface area contributed by atoms with E-state index >= 15 is 0 Å². The van der Waals surface area contributed by atoms with Crippen molar-refractivity contribution in [1.82, 2.24) is 5.32 Å². The molecule has 2 aromatic rings. The smallest absolute Gasteiger partial charge is 0.387 e. The van der Waals surface area contributed by atoms with Crippen LogP contribution in [0.3, 0.4) is 0 Å². The molecule has 0 atom stereocenters. The average molecular weight is 336 g/mol. The summed E-state index contributed by atoms with van der Waals surface area (Å²) in [5.41, 5.74) is 1.63. The number of amides is 1. The Balaban J connectivity index is 2.04. The van der Waals surface area contributed by atoms with Crippen LogP contribution in [0.5, 0.6) is 5.75 Å². The van der Waals surface area contributed by atoms with E-state index in [4.69, 9.17) is 12.2 Å². The molecule has 0 heterocycles. The molecular weight excluding hydrogens is 322 g/mol. The van der Waals surface area contributed by atoms with Crippen LogP contribution in [0, 0.1) is 6.92 Å². The summed E-state index contributed by atoms with van der Waals surface area (Å²) in [6.45, 7) is -1.08. The van der Waals surface area contributed by atoms with Gasteiger partial charge in [0.05, 0.1) is 5.69 Å². The van der Waals surface area contributed by atoms with E-state index in [1.165, 1.54) is 12.1 Å². The number of thiocarbonyl (C=S) groups is 1. The number of hydrogen-bond donors (Lipinski definition) is 2. The summed E-state index contributed by atoms with van der Waals surface area (Å²) in [5.74, 6) is -0.451. The van der Waals surface area contributed by atoms with Gasteiger partial charge in [-0.2, -0.15) is 8.78 Å². The Morgan fingerprint density at radius 2 is 1.91 bits per heavy atom. The summed E-state index contributed by atoms with van der Waals surface area (Å²) in [5, 5.41) is 5.15. The SMILES string of the molecule is Cc1cccc(C(=O)NC(=S)Nc2ccccc2OC(F)F)c1. The molecule has 0 fully saturated rings. The highest BCUT2D eigenvalue weighted by molar-refractivity contribution is 7.80. The van der Waals surface area contributed by atoms with Crippen molar-refractivity contribution >= 4 is 28.9 Å². The number of halogens is 2. The van der Waals surface area contributed by atoms with Crippen molar-refractivity contribution in [1.29, 1.82) is 0 Å². The normalized spacial score (nSPS) is 10.3. The molecular formula is C16H14F2N2O2S. The van der Waals surface area contributed by atoms with Crippen LogP contribution in [-0.4, -0.2) is 17.6 Å². The van der Waals surface area contributed by atoms with Gasteiger partial charge in [0, 0.05) is 5.56 Å². The molecule has 120 valence electrons. The van der Waals surface area contributed by atoms with Gasteiger partial charge in [-0.25, -0.2) is 0 Å². The molecule has 0 aliphatic rings. The second-order valence-electron chi connectivity index (χ2n) is 4.65. The third kappa shape index (κ3) is 5.00. The minimum Gasteiger partial charge on any atom is -0.433 e. The number of anilines is 1. The summed E-state index contributed by atoms with van der Waals surface area (Å²) in [6.07, 6.45) is 0. The fraction of sp³-hybridized carbons (Fsp3) is 0.125. The number of carbonyl (C=O) groups excluding carboxylic acids is 1. The number of alkyl halides is 2. The summed E-state index contributed by atoms with van der Waals surface area (Å²) < 4.78 is 29.1. The third-order valence-corrected chi connectivity index (χ3v) is 3.06. The lowest BCUT2D eigenvalue weighted by Crippen LogP contribution is -2.34. The van der Waals surface area contributed by atoms with Gasteiger partial charge < -0.3 is 10.1 Å². The van der Waals surface area contributed by atoms with Gasteiger partial charge in [0.25, 0.3) is 5.91 Å². The zero-order valence-corrected chi connectivity index (χ0v) is 13.0. The molecule has 0 aromatic heterocycles. The number of rotatable bonds is 4. The Kier molecular flexibility index (Phi) is 5.59. The molecule has 23 heavy (non-hydrogen) atoms. The van der Waals surface area contributed by atoms with Crippen LogP contribution in [0.2, 0.25) is 0 Å². The Hall–Kier alpha value is -2.54. The average Bonchev–Trinajstić information content (AvgIpc) is 2.48. The summed E-state index contributed by atoms with van der Waals surface area (Å²) in [6, 6.07) is 13.1. The van der Waals surface area contributed by atoms with E-state index in [2.05, 4.69) is 15.4 Å². The second kappa shape index (κ2) is 7.64. The fourth-order valence-corrected chi connectivity index (χ4v) is 2.09. The van der Waals surface area contributed by atoms with Gasteiger partial charge in [0.15, 0.2) is 5.11 Å². The van der Waals surface area contributed by atoms with Crippen molar-refractivity contribution in [2.24, 2.45) is 0 Å². The lowest BCUT2D eigenvalue weighted by atomic mass is 10.1. The summed E-state index contributed by atoms with van der Waals surface area (Å²) >= 11 is 5.03. The third-order valence-electron chi connectivity index (χ3n) is 2.86. The first-order valence-electron chi connectivity index (χ1n) is 6.68. The first-order chi connectivity index (χ1) is 11.0. The highest BCUT2D eigenvalue weighted by Gasteiger charge is 2.12. The lowest BCUT2D eigenvalue weighted by Gasteiger charge is -2.13. The van der Waals surface area contributed by atoms with Gasteiger partial charge in [-0.15, -0.1) is 0 Å². The number of aryl methyl sites for hydroxylation is 1. The summed E-state index contributed by atoms with van der Waals surface area (Å²) in [4.78, 5) is 12.1. The van der Waals surface area contributed by atoms with E-state index in [-0.39, 0.29) is 16.5 Å². The van der Waals surface area contributed by atoms with Gasteiger partial charge in [0.2, 0.25) is 0 Å². The van der Waals surface area contributed by atoms with E-state index in [0.717, 1.165) is 5.56 Å². The minimum absolute atomic E-state index is 0.0122. The molecule has 0 aliphatic heterocycles. The fourth-order valence-electron chi connectivity index (χ4n) is 1.88. The Morgan fingerprint density at radius 1 is 1.17 bits per heavy atom. The standard InChI is InChI=1S/C16H14F2N2O2S/c1-10-5-4-6-11(9-10)14(21)20-16(23)19-12-7-2-3-8-13(12)22-15(17)18/h2-9,15H,1H3,(H2,19,20,21,23). The second-order valence-corrected chi connectivity index (χ2v) is 5.06. The van der Waals surface area contributed by atoms with Gasteiger partial charge in [-0.3, -0.25) is 10.1 Å². The van der Waals surface area contributed by atoms with E-state index < -0.39 is 12.5 Å². The molecule has 7 heteroatoms. The maximum Gasteiger partial charge on any atom is 0.387 e. The highest BCUT2D eigenvalue weighted by Crippen LogP contribution is 2.25. The van der Waals surface area contributed by atoms with Crippen molar-refractivity contribution < 1.29 is 18.3 Å². The molecule has 0 spiro atoms. The van der Waals surface area contributed by atoms with Crippen molar-refractivity contribution in [2.45, 2.75) is 13.5 Å². The van der Waals surface area contributed by atoms with E-state index in [9.17, 15) is 13.6 Å². The molecule has 0 saturated heterocycles. The maximum absolute atomic E-state index is 12.4. The zero-order valence-electron chi connectivity index (χ0n) is 12.2. The van der Waals surface area contributed by atoms with E-state index in [1.807, 2.05) is 13.0 Å². The molecule has 1 amide bonds. The van der Waals surface area contributed by atoms with Gasteiger partial charge in [0.1, 0.15) is 5.75 Å². The van der Waals surface area contributed by atoms with Crippen molar-refractivity contribution in [3.05, 3.63) is 59.7 Å². The molecule has 0 unspecified atom stereocenters. The number of hydrogen-bond acceptors (Lipinski definition) is 3. The van der Waals surface area contributed by atoms with Crippen LogP contribution >= 0.6 is 12.2 Å². The van der Waals surface area contributed by atoms with Crippen LogP contribution < -0.4 is 15.4 Å². The van der Waals surface area contributed by atoms with Crippen LogP contribution in [0.25, 0.3) is 0 Å². The van der Waals surface area contributed by atoms with Crippen LogP contribution in [0.15, 0.2) is 48.5 Å². The van der Waals surface area contributed by atoms with E-state index in [1.54, 1.807) is 30.3 Å². The van der Waals surface area contributed by atoms with Crippen LogP contribution in [-0.2, 0) is 0 Å². The Morgan fingerprint density at radius 3 is 2.61 bits per heavy atom. The molecule has 0 aliphatic carbocycles. The maximum atomic E-state index is 12.4. The number of ether oxygens (including phenoxy) is 1. The topological polar surface area (TPSA) is 50.4 Å². The predicted molar refractivity (Wildman–Crippen MR) is 87.9 cm³/mol. The molecule has 4 nitrogen and oxygen atoms in total. The monoisotopic (exact) mass is 336 g/mol. The molecule has 2 aromatic carbocycles. The van der Waals surface area contributed by atoms with Gasteiger partial charge in [-0.05, 0) is 43.4 Å². The number of carbonyl (C=O) groups is 1. The van der Waals surface area contributed by atoms with Crippen LogP contribution in [0.4, 0.5) is 14.5 Å². The quantitative estimate of drug-likeness (QED) is 0.836. The summed E-state index contributed by atoms with van der Waals surface area (Å²) in [7, 11) is 0. The minimum atomic E-state index is -2.95. The van der Waals surface area contributed by atoms with Gasteiger partial charge >= 0.3 is 6.61 Å². The van der Waals surface area contributed by atoms with Crippen molar-refractivity contribution in [3.8, 4) is 5.75 Å². The highest BCUT2D eigenvalue weighted by atomic mass is 32.1. The Labute approximate surface area is 137 Å². The molecule has 2 rings (SSSR count). The zero-order chi connectivity index (χ0) is 16.8. The van der Waals surface area contributed by atoms with E-state index in [0.29, 0.717) is 5.56 Å². The first-order valence-corrected chi connectivity index (χ1v) is 7.09. The molecule has 0 saturated carbocycles. The number of benzene rings is 2. The number of nitrogens with one attached hydrogen (secondary N) is 2. The van der Waals surface area contributed by atoms with Gasteiger partial charge in [-0.1, -0.05) is 29.8 Å². The Bertz CT molecular complexity index is 723. The predicted octanol–water partition coefficient (Wildman–Crippen LogP) is 3.72. The molecule has 0 bridgehead atoms. The molecule has 2 N–H and O–H groups in total. The lowest BCUT2D eigenvalue weighted by molar-refractivity contribution is -0.0493. The van der Waals surface area contributed by atoms with Crippen LogP contribution in [0.1, 0.15) is 15.9 Å².